The molecule has 0 aliphatic carbocycles. The lowest BCUT2D eigenvalue weighted by atomic mass is 10.1. The number of halogens is 4. The van der Waals surface area contributed by atoms with Gasteiger partial charge in [0.1, 0.15) is 0 Å². The molecule has 0 saturated carbocycles. The van der Waals surface area contributed by atoms with Crippen molar-refractivity contribution in [2.75, 3.05) is 13.2 Å². The molecule has 0 unspecified atom stereocenters. The van der Waals surface area contributed by atoms with Crippen molar-refractivity contribution in [3.05, 3.63) is 59.2 Å². The van der Waals surface area contributed by atoms with Gasteiger partial charge in [0.05, 0.1) is 18.7 Å². The Bertz CT molecular complexity index is 814. The van der Waals surface area contributed by atoms with Crippen LogP contribution < -0.4 is 15.4 Å². The highest BCUT2D eigenvalue weighted by Crippen LogP contribution is 2.29. The second-order valence-corrected chi connectivity index (χ2v) is 5.98. The van der Waals surface area contributed by atoms with E-state index < -0.39 is 11.7 Å². The molecule has 0 amide bonds. The van der Waals surface area contributed by atoms with Crippen molar-refractivity contribution < 1.29 is 23.0 Å². The fraction of sp³-hybridized carbons (Fsp3) is 0.350. The summed E-state index contributed by atoms with van der Waals surface area (Å²) in [5.74, 6) is 0.939. The Labute approximate surface area is 185 Å². The fourth-order valence-electron chi connectivity index (χ4n) is 2.48. The van der Waals surface area contributed by atoms with Crippen LogP contribution in [0, 0.1) is 0 Å². The highest BCUT2D eigenvalue weighted by molar-refractivity contribution is 14.0. The van der Waals surface area contributed by atoms with Crippen molar-refractivity contribution in [1.29, 1.82) is 0 Å². The minimum atomic E-state index is -4.38. The Morgan fingerprint density at radius 2 is 1.83 bits per heavy atom. The van der Waals surface area contributed by atoms with Crippen LogP contribution in [0.1, 0.15) is 30.5 Å². The molecule has 2 aromatic carbocycles. The van der Waals surface area contributed by atoms with Gasteiger partial charge in [-0.05, 0) is 49.2 Å². The van der Waals surface area contributed by atoms with Crippen molar-refractivity contribution in [3.63, 3.8) is 0 Å². The predicted molar refractivity (Wildman–Crippen MR) is 118 cm³/mol. The van der Waals surface area contributed by atoms with Crippen LogP contribution in [-0.2, 0) is 19.3 Å². The highest BCUT2D eigenvalue weighted by atomic mass is 127. The van der Waals surface area contributed by atoms with Crippen LogP contribution in [0.5, 0.6) is 11.5 Å². The van der Waals surface area contributed by atoms with E-state index in [1.807, 2.05) is 13.8 Å². The number of ether oxygens (including phenoxy) is 1. The number of phenols is 1. The maximum Gasteiger partial charge on any atom is 0.416 e. The maximum atomic E-state index is 12.8. The summed E-state index contributed by atoms with van der Waals surface area (Å²) < 4.78 is 43.8. The molecule has 0 aromatic heterocycles. The van der Waals surface area contributed by atoms with E-state index in [4.69, 9.17) is 4.74 Å². The number of aliphatic imine (C=N–C) groups is 1. The second-order valence-electron chi connectivity index (χ2n) is 5.98. The van der Waals surface area contributed by atoms with Crippen LogP contribution in [0.2, 0.25) is 0 Å². The third-order valence-corrected chi connectivity index (χ3v) is 3.80. The number of hydrogen-bond acceptors (Lipinski definition) is 3. The van der Waals surface area contributed by atoms with E-state index in [9.17, 15) is 18.3 Å². The minimum Gasteiger partial charge on any atom is -0.504 e. The average Bonchev–Trinajstić information content (AvgIpc) is 2.66. The highest BCUT2D eigenvalue weighted by Gasteiger charge is 2.30. The third kappa shape index (κ3) is 8.00. The number of aromatic hydroxyl groups is 1. The van der Waals surface area contributed by atoms with Crippen LogP contribution in [0.25, 0.3) is 0 Å². The third-order valence-electron chi connectivity index (χ3n) is 3.80. The molecule has 0 spiro atoms. The predicted octanol–water partition coefficient (Wildman–Crippen LogP) is 4.68. The molecular formula is C20H25F3IN3O2. The first-order valence-electron chi connectivity index (χ1n) is 8.96. The van der Waals surface area contributed by atoms with Gasteiger partial charge in [-0.3, -0.25) is 0 Å². The average molecular weight is 523 g/mol. The van der Waals surface area contributed by atoms with Gasteiger partial charge in [-0.15, -0.1) is 24.0 Å². The van der Waals surface area contributed by atoms with Gasteiger partial charge in [-0.2, -0.15) is 13.2 Å². The molecule has 3 N–H and O–H groups in total. The number of rotatable bonds is 7. The molecule has 0 aliphatic rings. The number of phenolic OH excluding ortho intramolecular Hbond substituents is 1. The van der Waals surface area contributed by atoms with Gasteiger partial charge in [0.15, 0.2) is 17.5 Å². The Balaban J connectivity index is 0.00000420. The Kier molecular flexibility index (Phi) is 10.1. The zero-order chi connectivity index (χ0) is 20.6. The quantitative estimate of drug-likeness (QED) is 0.280. The van der Waals surface area contributed by atoms with Gasteiger partial charge >= 0.3 is 6.18 Å². The fourth-order valence-corrected chi connectivity index (χ4v) is 2.48. The van der Waals surface area contributed by atoms with Gasteiger partial charge in [0, 0.05) is 13.1 Å². The lowest BCUT2D eigenvalue weighted by molar-refractivity contribution is -0.137. The van der Waals surface area contributed by atoms with Crippen LogP contribution in [0.4, 0.5) is 13.2 Å². The lowest BCUT2D eigenvalue weighted by Crippen LogP contribution is -2.36. The molecular weight excluding hydrogens is 498 g/mol. The summed E-state index contributed by atoms with van der Waals surface area (Å²) in [5.41, 5.74) is 0.645. The molecule has 5 nitrogen and oxygen atoms in total. The van der Waals surface area contributed by atoms with E-state index in [0.29, 0.717) is 37.0 Å². The largest absolute Gasteiger partial charge is 0.504 e. The van der Waals surface area contributed by atoms with Crippen LogP contribution in [0.15, 0.2) is 47.5 Å². The zero-order valence-electron chi connectivity index (χ0n) is 16.2. The zero-order valence-corrected chi connectivity index (χ0v) is 18.5. The topological polar surface area (TPSA) is 65.9 Å². The van der Waals surface area contributed by atoms with Crippen LogP contribution in [-0.4, -0.2) is 24.2 Å². The maximum absolute atomic E-state index is 12.8. The van der Waals surface area contributed by atoms with Crippen LogP contribution >= 0.6 is 24.0 Å². The molecule has 9 heteroatoms. The Morgan fingerprint density at radius 1 is 1.07 bits per heavy atom. The van der Waals surface area contributed by atoms with Crippen molar-refractivity contribution >= 4 is 29.9 Å². The molecule has 0 saturated heterocycles. The first-order valence-corrected chi connectivity index (χ1v) is 8.96. The van der Waals surface area contributed by atoms with Crippen molar-refractivity contribution in [3.8, 4) is 11.5 Å². The van der Waals surface area contributed by atoms with Crippen molar-refractivity contribution in [2.24, 2.45) is 4.99 Å². The number of nitrogens with zero attached hydrogens (tertiary/aromatic N) is 1. The first kappa shape index (κ1) is 24.9. The molecule has 2 rings (SSSR count). The van der Waals surface area contributed by atoms with Crippen molar-refractivity contribution in [1.82, 2.24) is 10.6 Å². The number of benzene rings is 2. The van der Waals surface area contributed by atoms with Gasteiger partial charge in [-0.1, -0.05) is 18.2 Å². The van der Waals surface area contributed by atoms with Gasteiger partial charge in [0.25, 0.3) is 0 Å². The van der Waals surface area contributed by atoms with E-state index >= 15 is 0 Å². The number of alkyl halides is 3. The summed E-state index contributed by atoms with van der Waals surface area (Å²) in [4.78, 5) is 4.34. The summed E-state index contributed by atoms with van der Waals surface area (Å²) in [5, 5.41) is 15.9. The van der Waals surface area contributed by atoms with Crippen molar-refractivity contribution in [2.45, 2.75) is 33.1 Å². The Hall–Kier alpha value is -2.17. The van der Waals surface area contributed by atoms with Gasteiger partial charge in [-0.25, -0.2) is 4.99 Å². The smallest absolute Gasteiger partial charge is 0.416 e. The number of guanidine groups is 1. The van der Waals surface area contributed by atoms with E-state index in [2.05, 4.69) is 15.6 Å². The van der Waals surface area contributed by atoms with E-state index in [1.165, 1.54) is 6.07 Å². The first-order chi connectivity index (χ1) is 13.3. The van der Waals surface area contributed by atoms with Gasteiger partial charge in [0.2, 0.25) is 0 Å². The van der Waals surface area contributed by atoms with Crippen LogP contribution in [0.3, 0.4) is 0 Å². The molecule has 0 bridgehead atoms. The number of nitrogens with one attached hydrogen (secondary N) is 2. The summed E-state index contributed by atoms with van der Waals surface area (Å²) >= 11 is 0. The van der Waals surface area contributed by atoms with E-state index in [-0.39, 0.29) is 36.3 Å². The molecule has 2 aromatic rings. The molecule has 0 atom stereocenters. The summed E-state index contributed by atoms with van der Waals surface area (Å²) in [6, 6.07) is 10.1. The van der Waals surface area contributed by atoms with Gasteiger partial charge < -0.3 is 20.5 Å². The van der Waals surface area contributed by atoms with E-state index in [0.717, 1.165) is 17.7 Å². The molecule has 160 valence electrons. The summed E-state index contributed by atoms with van der Waals surface area (Å²) in [6.45, 7) is 5.29. The normalized spacial score (nSPS) is 11.6. The molecule has 0 aliphatic heterocycles. The monoisotopic (exact) mass is 523 g/mol. The Morgan fingerprint density at radius 3 is 2.48 bits per heavy atom. The summed E-state index contributed by atoms with van der Waals surface area (Å²) in [6.07, 6.45) is -4.38. The molecule has 0 heterocycles. The van der Waals surface area contributed by atoms with E-state index in [1.54, 1.807) is 24.3 Å². The second kappa shape index (κ2) is 11.7. The number of hydrogen-bond donors (Lipinski definition) is 3. The lowest BCUT2D eigenvalue weighted by Gasteiger charge is -2.13. The molecule has 0 fully saturated rings. The molecule has 29 heavy (non-hydrogen) atoms. The standard InChI is InChI=1S/C20H24F3N3O2.HI/c1-3-24-19(25-12-14-6-5-7-16(10-14)20(21,22)23)26-13-15-8-9-17(27)18(11-15)28-4-2;/h5-11,27H,3-4,12-13H2,1-2H3,(H2,24,25,26);1H. The molecule has 0 radical (unpaired) electrons. The minimum absolute atomic E-state index is 0. The SMILES string of the molecule is CCNC(=NCc1cccc(C(F)(F)F)c1)NCc1ccc(O)c(OCC)c1.I. The summed E-state index contributed by atoms with van der Waals surface area (Å²) in [7, 11) is 0.